The number of fused-ring (bicyclic) bond motifs is 1. The third-order valence-corrected chi connectivity index (χ3v) is 4.73. The fourth-order valence-electron chi connectivity index (χ4n) is 3.82. The first kappa shape index (κ1) is 15.0. The first-order chi connectivity index (χ1) is 10.6. The fourth-order valence-corrected chi connectivity index (χ4v) is 3.82. The summed E-state index contributed by atoms with van der Waals surface area (Å²) in [5.41, 5.74) is 1.04. The highest BCUT2D eigenvalue weighted by Crippen LogP contribution is 2.36. The molecule has 0 spiro atoms. The zero-order valence-corrected chi connectivity index (χ0v) is 13.0. The topological polar surface area (TPSA) is 65.5 Å². The summed E-state index contributed by atoms with van der Waals surface area (Å²) < 4.78 is 0. The lowest BCUT2D eigenvalue weighted by molar-refractivity contribution is -0.138. The molecule has 0 saturated carbocycles. The molecule has 3 atom stereocenters. The van der Waals surface area contributed by atoms with E-state index in [1.54, 1.807) is 25.1 Å². The molecular weight excluding hydrogens is 280 g/mol. The van der Waals surface area contributed by atoms with Crippen LogP contribution in [0.3, 0.4) is 0 Å². The van der Waals surface area contributed by atoms with Crippen molar-refractivity contribution in [3.8, 4) is 0 Å². The van der Waals surface area contributed by atoms with Crippen molar-refractivity contribution in [1.82, 2.24) is 20.1 Å². The van der Waals surface area contributed by atoms with Crippen LogP contribution in [0.25, 0.3) is 0 Å². The number of hydrogen-bond acceptors (Lipinski definition) is 4. The number of hydrogen-bond donors (Lipinski definition) is 1. The van der Waals surface area contributed by atoms with Gasteiger partial charge in [0.25, 0.3) is 0 Å². The maximum atomic E-state index is 12.0. The van der Waals surface area contributed by atoms with Gasteiger partial charge in [0.05, 0.1) is 5.69 Å². The summed E-state index contributed by atoms with van der Waals surface area (Å²) in [5.74, 6) is 0.302. The summed E-state index contributed by atoms with van der Waals surface area (Å²) >= 11 is 0. The largest absolute Gasteiger partial charge is 0.357 e. The molecule has 3 rings (SSSR count). The van der Waals surface area contributed by atoms with Gasteiger partial charge in [-0.3, -0.25) is 19.5 Å². The van der Waals surface area contributed by atoms with E-state index >= 15 is 0 Å². The predicted molar refractivity (Wildman–Crippen MR) is 81.8 cm³/mol. The van der Waals surface area contributed by atoms with Crippen molar-refractivity contribution >= 4 is 11.8 Å². The zero-order valence-electron chi connectivity index (χ0n) is 13.0. The predicted octanol–water partition coefficient (Wildman–Crippen LogP) is 0.249. The van der Waals surface area contributed by atoms with Crippen LogP contribution in [0.1, 0.15) is 19.0 Å². The van der Waals surface area contributed by atoms with Crippen LogP contribution >= 0.6 is 0 Å². The van der Waals surface area contributed by atoms with Crippen LogP contribution in [0, 0.1) is 5.92 Å². The Morgan fingerprint density at radius 1 is 1.36 bits per heavy atom. The smallest absolute Gasteiger partial charge is 0.242 e. The van der Waals surface area contributed by atoms with E-state index in [0.29, 0.717) is 5.92 Å². The van der Waals surface area contributed by atoms with E-state index in [1.807, 2.05) is 18.2 Å². The fraction of sp³-hybridized carbons (Fsp3) is 0.562. The molecule has 2 saturated heterocycles. The minimum absolute atomic E-state index is 0.0132. The second-order valence-corrected chi connectivity index (χ2v) is 6.13. The average molecular weight is 302 g/mol. The lowest BCUT2D eigenvalue weighted by Crippen LogP contribution is -2.49. The van der Waals surface area contributed by atoms with Gasteiger partial charge >= 0.3 is 0 Å². The van der Waals surface area contributed by atoms with Crippen molar-refractivity contribution in [2.45, 2.75) is 32.0 Å². The molecule has 0 aliphatic carbocycles. The SMILES string of the molecule is CNC(=O)[C@@H]1C[C@H]2CN(Cc3ccccn3)C[C@H]2N1C(C)=O. The number of carbonyl (C=O) groups is 2. The third kappa shape index (κ3) is 2.70. The maximum absolute atomic E-state index is 12.0. The van der Waals surface area contributed by atoms with Crippen LogP contribution in [0.15, 0.2) is 24.4 Å². The van der Waals surface area contributed by atoms with Gasteiger partial charge in [-0.05, 0) is 24.5 Å². The zero-order chi connectivity index (χ0) is 15.7. The molecule has 22 heavy (non-hydrogen) atoms. The van der Waals surface area contributed by atoms with Crippen LogP contribution in [0.4, 0.5) is 0 Å². The Morgan fingerprint density at radius 3 is 2.82 bits per heavy atom. The van der Waals surface area contributed by atoms with Crippen molar-refractivity contribution in [1.29, 1.82) is 0 Å². The van der Waals surface area contributed by atoms with Gasteiger partial charge in [0.1, 0.15) is 6.04 Å². The number of nitrogens with zero attached hydrogens (tertiary/aromatic N) is 3. The molecule has 0 unspecified atom stereocenters. The second kappa shape index (κ2) is 6.04. The average Bonchev–Trinajstić information content (AvgIpc) is 3.03. The lowest BCUT2D eigenvalue weighted by Gasteiger charge is -2.28. The molecule has 0 bridgehead atoms. The summed E-state index contributed by atoms with van der Waals surface area (Å²) in [5, 5.41) is 2.68. The van der Waals surface area contributed by atoms with E-state index in [1.165, 1.54) is 0 Å². The van der Waals surface area contributed by atoms with Gasteiger partial charge in [-0.25, -0.2) is 0 Å². The maximum Gasteiger partial charge on any atom is 0.242 e. The highest BCUT2D eigenvalue weighted by Gasteiger charge is 2.49. The first-order valence-electron chi connectivity index (χ1n) is 7.73. The Balaban J connectivity index is 1.70. The quantitative estimate of drug-likeness (QED) is 0.869. The van der Waals surface area contributed by atoms with E-state index in [-0.39, 0.29) is 23.9 Å². The van der Waals surface area contributed by atoms with Gasteiger partial charge in [-0.1, -0.05) is 6.07 Å². The second-order valence-electron chi connectivity index (χ2n) is 6.13. The number of likely N-dealkylation sites (N-methyl/N-ethyl adjacent to an activating group) is 1. The van der Waals surface area contributed by atoms with E-state index in [4.69, 9.17) is 0 Å². The minimum Gasteiger partial charge on any atom is -0.357 e. The van der Waals surface area contributed by atoms with E-state index in [0.717, 1.165) is 31.7 Å². The van der Waals surface area contributed by atoms with Gasteiger partial charge in [0.2, 0.25) is 11.8 Å². The summed E-state index contributed by atoms with van der Waals surface area (Å²) in [4.78, 5) is 32.5. The molecular formula is C16H22N4O2. The third-order valence-electron chi connectivity index (χ3n) is 4.73. The highest BCUT2D eigenvalue weighted by molar-refractivity contribution is 5.87. The Kier molecular flexibility index (Phi) is 4.11. The van der Waals surface area contributed by atoms with Gasteiger partial charge in [-0.15, -0.1) is 0 Å². The Hall–Kier alpha value is -1.95. The first-order valence-corrected chi connectivity index (χ1v) is 7.73. The molecule has 3 heterocycles. The molecule has 1 aromatic heterocycles. The Labute approximate surface area is 130 Å². The van der Waals surface area contributed by atoms with Gasteiger partial charge < -0.3 is 10.2 Å². The highest BCUT2D eigenvalue weighted by atomic mass is 16.2. The van der Waals surface area contributed by atoms with Crippen LogP contribution < -0.4 is 5.32 Å². The Bertz CT molecular complexity index is 563. The van der Waals surface area contributed by atoms with Crippen LogP contribution in [-0.2, 0) is 16.1 Å². The van der Waals surface area contributed by atoms with Gasteiger partial charge in [-0.2, -0.15) is 0 Å². The lowest BCUT2D eigenvalue weighted by atomic mass is 10.0. The van der Waals surface area contributed by atoms with E-state index in [2.05, 4.69) is 15.2 Å². The van der Waals surface area contributed by atoms with E-state index < -0.39 is 0 Å². The molecule has 2 aliphatic heterocycles. The summed E-state index contributed by atoms with van der Waals surface area (Å²) in [7, 11) is 1.63. The van der Waals surface area contributed by atoms with Crippen molar-refractivity contribution in [3.05, 3.63) is 30.1 Å². The number of carbonyl (C=O) groups excluding carboxylic acids is 2. The number of pyridine rings is 1. The molecule has 2 aliphatic rings. The summed E-state index contributed by atoms with van der Waals surface area (Å²) in [6, 6.07) is 5.75. The van der Waals surface area contributed by atoms with Crippen LogP contribution in [0.5, 0.6) is 0 Å². The number of aromatic nitrogens is 1. The molecule has 0 aromatic carbocycles. The molecule has 1 aromatic rings. The monoisotopic (exact) mass is 302 g/mol. The molecule has 2 fully saturated rings. The standard InChI is InChI=1S/C16H22N4O2/c1-11(21)20-14(16(22)17-2)7-12-8-19(10-15(12)20)9-13-5-3-4-6-18-13/h3-6,12,14-15H,7-10H2,1-2H3,(H,17,22)/t12-,14-,15+/m0/s1. The molecule has 2 amide bonds. The van der Waals surface area contributed by atoms with Crippen molar-refractivity contribution in [2.75, 3.05) is 20.1 Å². The number of amides is 2. The van der Waals surface area contributed by atoms with Crippen molar-refractivity contribution in [3.63, 3.8) is 0 Å². The van der Waals surface area contributed by atoms with Crippen molar-refractivity contribution in [2.24, 2.45) is 5.92 Å². The summed E-state index contributed by atoms with van der Waals surface area (Å²) in [6.07, 6.45) is 2.55. The molecule has 1 N–H and O–H groups in total. The normalized spacial score (nSPS) is 27.7. The molecule has 0 radical (unpaired) electrons. The number of nitrogens with one attached hydrogen (secondary N) is 1. The van der Waals surface area contributed by atoms with Crippen LogP contribution in [0.2, 0.25) is 0 Å². The summed E-state index contributed by atoms with van der Waals surface area (Å²) in [6.45, 7) is 4.08. The van der Waals surface area contributed by atoms with Gasteiger partial charge in [0, 0.05) is 45.8 Å². The molecule has 118 valence electrons. The van der Waals surface area contributed by atoms with Crippen molar-refractivity contribution < 1.29 is 9.59 Å². The molecule has 6 nitrogen and oxygen atoms in total. The Morgan fingerprint density at radius 2 is 2.18 bits per heavy atom. The van der Waals surface area contributed by atoms with E-state index in [9.17, 15) is 9.59 Å². The number of rotatable bonds is 3. The minimum atomic E-state index is -0.311. The van der Waals surface area contributed by atoms with Crippen LogP contribution in [-0.4, -0.2) is 58.8 Å². The molecule has 6 heteroatoms. The van der Waals surface area contributed by atoms with Gasteiger partial charge in [0.15, 0.2) is 0 Å². The number of likely N-dealkylation sites (tertiary alicyclic amines) is 2.